The minimum Gasteiger partial charge on any atom is -0.376 e. The average Bonchev–Trinajstić information content (AvgIpc) is 3.34. The first kappa shape index (κ1) is 24.0. The van der Waals surface area contributed by atoms with E-state index in [0.717, 1.165) is 50.9 Å². The van der Waals surface area contributed by atoms with Crippen LogP contribution in [0.5, 0.6) is 0 Å². The van der Waals surface area contributed by atoms with Gasteiger partial charge in [-0.05, 0) is 63.0 Å². The molecule has 33 heavy (non-hydrogen) atoms. The summed E-state index contributed by atoms with van der Waals surface area (Å²) in [4.78, 5) is 27.9. The molecule has 0 bridgehead atoms. The molecule has 0 spiro atoms. The van der Waals surface area contributed by atoms with E-state index < -0.39 is 0 Å². The third-order valence-electron chi connectivity index (χ3n) is 6.35. The average molecular weight is 490 g/mol. The van der Waals surface area contributed by atoms with E-state index >= 15 is 0 Å². The molecule has 2 aliphatic heterocycles. The van der Waals surface area contributed by atoms with Crippen molar-refractivity contribution in [2.45, 2.75) is 38.3 Å². The Kier molecular flexibility index (Phi) is 8.25. The summed E-state index contributed by atoms with van der Waals surface area (Å²) in [6, 6.07) is 12.7. The lowest BCUT2D eigenvalue weighted by molar-refractivity contribution is -0.121. The number of halogens is 2. The number of nitrogens with one attached hydrogen (secondary N) is 2. The molecule has 6 nitrogen and oxygen atoms in total. The van der Waals surface area contributed by atoms with Crippen molar-refractivity contribution in [3.63, 3.8) is 0 Å². The number of likely N-dealkylation sites (tertiary alicyclic amines) is 1. The van der Waals surface area contributed by atoms with E-state index in [1.165, 1.54) is 0 Å². The summed E-state index contributed by atoms with van der Waals surface area (Å²) in [5.41, 5.74) is 1.93. The van der Waals surface area contributed by atoms with Crippen LogP contribution in [0.1, 0.15) is 41.6 Å². The number of amides is 2. The van der Waals surface area contributed by atoms with E-state index in [1.807, 2.05) is 24.3 Å². The van der Waals surface area contributed by atoms with Gasteiger partial charge in [0.1, 0.15) is 0 Å². The Hall–Kier alpha value is -2.12. The van der Waals surface area contributed by atoms with Gasteiger partial charge in [-0.25, -0.2) is 0 Å². The van der Waals surface area contributed by atoms with Crippen molar-refractivity contribution in [1.29, 1.82) is 0 Å². The molecule has 1 unspecified atom stereocenters. The number of hydrogen-bond donors (Lipinski definition) is 2. The summed E-state index contributed by atoms with van der Waals surface area (Å²) in [5, 5.41) is 7.24. The monoisotopic (exact) mass is 489 g/mol. The topological polar surface area (TPSA) is 70.7 Å². The van der Waals surface area contributed by atoms with Crippen LogP contribution in [0.15, 0.2) is 42.5 Å². The fourth-order valence-electron chi connectivity index (χ4n) is 4.39. The van der Waals surface area contributed by atoms with Gasteiger partial charge in [-0.15, -0.1) is 0 Å². The van der Waals surface area contributed by atoms with Gasteiger partial charge >= 0.3 is 0 Å². The van der Waals surface area contributed by atoms with Crippen LogP contribution in [0.25, 0.3) is 0 Å². The predicted octanol–water partition coefficient (Wildman–Crippen LogP) is 4.75. The number of ether oxygens (including phenoxy) is 1. The molecule has 0 saturated carbocycles. The fourth-order valence-corrected chi connectivity index (χ4v) is 4.91. The quantitative estimate of drug-likeness (QED) is 0.588. The van der Waals surface area contributed by atoms with Crippen LogP contribution >= 0.6 is 23.2 Å². The molecule has 2 N–H and O–H groups in total. The Morgan fingerprint density at radius 2 is 1.73 bits per heavy atom. The van der Waals surface area contributed by atoms with Crippen molar-refractivity contribution in [3.05, 3.63) is 63.6 Å². The summed E-state index contributed by atoms with van der Waals surface area (Å²) in [5.74, 6) is -0.358. The Bertz CT molecular complexity index is 966. The highest BCUT2D eigenvalue weighted by molar-refractivity contribution is 6.35. The second-order valence-corrected chi connectivity index (χ2v) is 9.44. The molecular formula is C25H29Cl2N3O3. The second-order valence-electron chi connectivity index (χ2n) is 8.63. The molecule has 2 aromatic rings. The lowest BCUT2D eigenvalue weighted by Crippen LogP contribution is -2.38. The van der Waals surface area contributed by atoms with Gasteiger partial charge in [0, 0.05) is 41.2 Å². The summed E-state index contributed by atoms with van der Waals surface area (Å²) < 4.78 is 5.57. The van der Waals surface area contributed by atoms with Crippen molar-refractivity contribution in [3.8, 4) is 0 Å². The van der Waals surface area contributed by atoms with Crippen LogP contribution in [0.2, 0.25) is 10.0 Å². The minimum atomic E-state index is -0.201. The first-order valence-corrected chi connectivity index (χ1v) is 12.2. The highest BCUT2D eigenvalue weighted by atomic mass is 35.5. The molecule has 2 aromatic carbocycles. The van der Waals surface area contributed by atoms with Crippen LogP contribution < -0.4 is 10.6 Å². The third-order valence-corrected chi connectivity index (χ3v) is 7.05. The smallest absolute Gasteiger partial charge is 0.253 e. The molecule has 2 amide bonds. The van der Waals surface area contributed by atoms with E-state index in [0.29, 0.717) is 34.4 Å². The van der Waals surface area contributed by atoms with E-state index in [1.54, 1.807) is 18.2 Å². The largest absolute Gasteiger partial charge is 0.376 e. The van der Waals surface area contributed by atoms with Crippen molar-refractivity contribution in [1.82, 2.24) is 10.2 Å². The Labute approximate surface area is 204 Å². The molecule has 1 atom stereocenters. The van der Waals surface area contributed by atoms with Gasteiger partial charge < -0.3 is 15.4 Å². The standard InChI is InChI=1S/C25H29Cl2N3O3/c26-21-7-3-8-22(27)20(21)16-30-12-10-17(11-13-30)24(31)29-23-9-2-1-6-19(23)25(32)28-15-18-5-4-14-33-18/h1-3,6-9,17-18H,4-5,10-16H2,(H,28,32)(H,29,31). The number of benzene rings is 2. The lowest BCUT2D eigenvalue weighted by atomic mass is 9.95. The van der Waals surface area contributed by atoms with Crippen molar-refractivity contribution in [2.24, 2.45) is 5.92 Å². The van der Waals surface area contributed by atoms with Gasteiger partial charge in [0.05, 0.1) is 17.4 Å². The maximum absolute atomic E-state index is 13.0. The van der Waals surface area contributed by atoms with Crippen LogP contribution in [0, 0.1) is 5.92 Å². The van der Waals surface area contributed by atoms with E-state index in [9.17, 15) is 9.59 Å². The molecule has 2 aliphatic rings. The van der Waals surface area contributed by atoms with Crippen molar-refractivity contribution >= 4 is 40.7 Å². The van der Waals surface area contributed by atoms with Gasteiger partial charge in [-0.3, -0.25) is 14.5 Å². The number of hydrogen-bond acceptors (Lipinski definition) is 4. The molecule has 176 valence electrons. The molecule has 8 heteroatoms. The SMILES string of the molecule is O=C(NCC1CCCO1)c1ccccc1NC(=O)C1CCN(Cc2c(Cl)cccc2Cl)CC1. The van der Waals surface area contributed by atoms with Crippen LogP contribution in [-0.2, 0) is 16.1 Å². The predicted molar refractivity (Wildman–Crippen MR) is 131 cm³/mol. The highest BCUT2D eigenvalue weighted by Crippen LogP contribution is 2.28. The van der Waals surface area contributed by atoms with Crippen molar-refractivity contribution in [2.75, 3.05) is 31.6 Å². The Balaban J connectivity index is 1.30. The molecule has 0 aromatic heterocycles. The second kappa shape index (κ2) is 11.3. The number of rotatable bonds is 7. The van der Waals surface area contributed by atoms with Crippen LogP contribution in [0.4, 0.5) is 5.69 Å². The summed E-state index contributed by atoms with van der Waals surface area (Å²) in [6.45, 7) is 3.46. The zero-order valence-corrected chi connectivity index (χ0v) is 20.0. The zero-order valence-electron chi connectivity index (χ0n) is 18.5. The lowest BCUT2D eigenvalue weighted by Gasteiger charge is -2.31. The maximum atomic E-state index is 13.0. The number of anilines is 1. The van der Waals surface area contributed by atoms with E-state index in [-0.39, 0.29) is 23.8 Å². The molecule has 0 radical (unpaired) electrons. The molecule has 4 rings (SSSR count). The van der Waals surface area contributed by atoms with E-state index in [4.69, 9.17) is 27.9 Å². The van der Waals surface area contributed by atoms with Gasteiger partial charge in [0.25, 0.3) is 5.91 Å². The van der Waals surface area contributed by atoms with Crippen LogP contribution in [-0.4, -0.2) is 49.1 Å². The van der Waals surface area contributed by atoms with Gasteiger partial charge in [-0.2, -0.15) is 0 Å². The molecular weight excluding hydrogens is 461 g/mol. The fraction of sp³-hybridized carbons (Fsp3) is 0.440. The Morgan fingerprint density at radius 1 is 1.00 bits per heavy atom. The Morgan fingerprint density at radius 3 is 2.42 bits per heavy atom. The maximum Gasteiger partial charge on any atom is 0.253 e. The highest BCUT2D eigenvalue weighted by Gasteiger charge is 2.27. The number of para-hydroxylation sites is 1. The first-order valence-electron chi connectivity index (χ1n) is 11.5. The van der Waals surface area contributed by atoms with Crippen LogP contribution in [0.3, 0.4) is 0 Å². The van der Waals surface area contributed by atoms with Gasteiger partial charge in [0.2, 0.25) is 5.91 Å². The number of piperidine rings is 1. The molecule has 2 saturated heterocycles. The first-order chi connectivity index (χ1) is 16.0. The van der Waals surface area contributed by atoms with E-state index in [2.05, 4.69) is 15.5 Å². The normalized spacial score (nSPS) is 19.4. The number of nitrogens with zero attached hydrogens (tertiary/aromatic N) is 1. The third kappa shape index (κ3) is 6.27. The molecule has 2 fully saturated rings. The number of carbonyl (C=O) groups excluding carboxylic acids is 2. The van der Waals surface area contributed by atoms with Crippen molar-refractivity contribution < 1.29 is 14.3 Å². The zero-order chi connectivity index (χ0) is 23.2. The summed E-state index contributed by atoms with van der Waals surface area (Å²) in [6.07, 6.45) is 3.53. The summed E-state index contributed by atoms with van der Waals surface area (Å²) in [7, 11) is 0. The molecule has 2 heterocycles. The van der Waals surface area contributed by atoms with Gasteiger partial charge in [-0.1, -0.05) is 41.4 Å². The minimum absolute atomic E-state index is 0.0511. The summed E-state index contributed by atoms with van der Waals surface area (Å²) >= 11 is 12.6. The number of carbonyl (C=O) groups is 2. The van der Waals surface area contributed by atoms with Gasteiger partial charge in [0.15, 0.2) is 0 Å². The molecule has 0 aliphatic carbocycles.